The summed E-state index contributed by atoms with van der Waals surface area (Å²) in [4.78, 5) is 11.5. The lowest BCUT2D eigenvalue weighted by Gasteiger charge is -2.22. The molecule has 88 valence electrons. The molecule has 1 N–H and O–H groups in total. The lowest BCUT2D eigenvalue weighted by Crippen LogP contribution is -2.34. The summed E-state index contributed by atoms with van der Waals surface area (Å²) in [6.45, 7) is 3.19. The molecule has 0 saturated heterocycles. The second kappa shape index (κ2) is 5.04. The molecule has 0 aliphatic rings. The van der Waals surface area contributed by atoms with Crippen LogP contribution >= 0.6 is 23.2 Å². The van der Waals surface area contributed by atoms with Crippen molar-refractivity contribution in [2.45, 2.75) is 19.4 Å². The Kier molecular flexibility index (Phi) is 4.19. The van der Waals surface area contributed by atoms with Gasteiger partial charge in [0.25, 0.3) is 0 Å². The fourth-order valence-corrected chi connectivity index (χ4v) is 1.86. The lowest BCUT2D eigenvalue weighted by molar-refractivity contribution is -0.164. The molecule has 0 fully saturated rings. The molecule has 3 nitrogen and oxygen atoms in total. The zero-order valence-corrected chi connectivity index (χ0v) is 10.5. The summed E-state index contributed by atoms with van der Waals surface area (Å²) in [5.41, 5.74) is -1.49. The van der Waals surface area contributed by atoms with Crippen molar-refractivity contribution < 1.29 is 14.6 Å². The summed E-state index contributed by atoms with van der Waals surface area (Å²) >= 11 is 11.6. The minimum atomic E-state index is -1.77. The van der Waals surface area contributed by atoms with Crippen LogP contribution in [0.2, 0.25) is 10.0 Å². The summed E-state index contributed by atoms with van der Waals surface area (Å²) in [5.74, 6) is -0.737. The van der Waals surface area contributed by atoms with E-state index >= 15 is 0 Å². The minimum absolute atomic E-state index is 0.195. The standard InChI is InChI=1S/C11H12Cl2O3/c1-3-16-10(14)11(2,15)8-5-4-7(12)6-9(8)13/h4-6,15H,3H2,1-2H3. The first-order valence-corrected chi connectivity index (χ1v) is 5.50. The van der Waals surface area contributed by atoms with E-state index in [1.165, 1.54) is 19.1 Å². The second-order valence-electron chi connectivity index (χ2n) is 3.42. The maximum atomic E-state index is 11.5. The van der Waals surface area contributed by atoms with Gasteiger partial charge in [0, 0.05) is 15.6 Å². The Balaban J connectivity index is 3.11. The van der Waals surface area contributed by atoms with E-state index in [9.17, 15) is 9.90 Å². The number of halogens is 2. The molecule has 1 aromatic carbocycles. The van der Waals surface area contributed by atoms with Crippen molar-refractivity contribution in [1.29, 1.82) is 0 Å². The van der Waals surface area contributed by atoms with Gasteiger partial charge in [0.1, 0.15) is 0 Å². The predicted molar refractivity (Wildman–Crippen MR) is 62.7 cm³/mol. The minimum Gasteiger partial charge on any atom is -0.464 e. The molecular weight excluding hydrogens is 251 g/mol. The number of ether oxygens (including phenoxy) is 1. The molecular formula is C11H12Cl2O3. The van der Waals surface area contributed by atoms with Crippen molar-refractivity contribution in [1.82, 2.24) is 0 Å². The molecule has 0 spiro atoms. The van der Waals surface area contributed by atoms with Gasteiger partial charge in [-0.05, 0) is 26.0 Å². The van der Waals surface area contributed by atoms with E-state index in [1.807, 2.05) is 0 Å². The number of carbonyl (C=O) groups is 1. The Labute approximate surface area is 104 Å². The van der Waals surface area contributed by atoms with Crippen LogP contribution in [0.3, 0.4) is 0 Å². The van der Waals surface area contributed by atoms with Gasteiger partial charge in [0.2, 0.25) is 0 Å². The van der Waals surface area contributed by atoms with Crippen LogP contribution in [0, 0.1) is 0 Å². The monoisotopic (exact) mass is 262 g/mol. The quantitative estimate of drug-likeness (QED) is 0.853. The Hall–Kier alpha value is -0.770. The highest BCUT2D eigenvalue weighted by Crippen LogP contribution is 2.31. The zero-order chi connectivity index (χ0) is 12.3. The van der Waals surface area contributed by atoms with Gasteiger partial charge < -0.3 is 9.84 Å². The Morgan fingerprint density at radius 2 is 2.12 bits per heavy atom. The van der Waals surface area contributed by atoms with Crippen LogP contribution < -0.4 is 0 Å². The Morgan fingerprint density at radius 3 is 2.62 bits per heavy atom. The number of rotatable bonds is 3. The van der Waals surface area contributed by atoms with Crippen LogP contribution in [0.1, 0.15) is 19.4 Å². The smallest absolute Gasteiger partial charge is 0.342 e. The van der Waals surface area contributed by atoms with Gasteiger partial charge in [-0.25, -0.2) is 4.79 Å². The fourth-order valence-electron chi connectivity index (χ4n) is 1.27. The first-order chi connectivity index (χ1) is 7.39. The number of hydrogen-bond donors (Lipinski definition) is 1. The molecule has 0 aromatic heterocycles. The van der Waals surface area contributed by atoms with Crippen molar-refractivity contribution in [2.75, 3.05) is 6.61 Å². The molecule has 0 heterocycles. The third-order valence-corrected chi connectivity index (χ3v) is 2.68. The van der Waals surface area contributed by atoms with Gasteiger partial charge >= 0.3 is 5.97 Å². The molecule has 0 saturated carbocycles. The summed E-state index contributed by atoms with van der Waals surface area (Å²) in [6.07, 6.45) is 0. The van der Waals surface area contributed by atoms with Crippen LogP contribution in [-0.2, 0) is 15.1 Å². The van der Waals surface area contributed by atoms with Crippen molar-refractivity contribution in [3.63, 3.8) is 0 Å². The SMILES string of the molecule is CCOC(=O)C(C)(O)c1ccc(Cl)cc1Cl. The average Bonchev–Trinajstić information content (AvgIpc) is 2.17. The number of esters is 1. The number of hydrogen-bond acceptors (Lipinski definition) is 3. The van der Waals surface area contributed by atoms with Crippen LogP contribution in [0.25, 0.3) is 0 Å². The van der Waals surface area contributed by atoms with E-state index in [0.717, 1.165) is 0 Å². The van der Waals surface area contributed by atoms with Gasteiger partial charge in [-0.3, -0.25) is 0 Å². The van der Waals surface area contributed by atoms with Crippen LogP contribution in [0.15, 0.2) is 18.2 Å². The molecule has 0 bridgehead atoms. The third-order valence-electron chi connectivity index (χ3n) is 2.13. The van der Waals surface area contributed by atoms with Gasteiger partial charge in [-0.1, -0.05) is 29.3 Å². The van der Waals surface area contributed by atoms with Gasteiger partial charge in [0.05, 0.1) is 6.61 Å². The summed E-state index contributed by atoms with van der Waals surface area (Å²) in [5, 5.41) is 10.7. The highest BCUT2D eigenvalue weighted by Gasteiger charge is 2.35. The van der Waals surface area contributed by atoms with E-state index in [2.05, 4.69) is 0 Å². The van der Waals surface area contributed by atoms with E-state index in [-0.39, 0.29) is 17.2 Å². The van der Waals surface area contributed by atoms with Crippen LogP contribution in [0.4, 0.5) is 0 Å². The van der Waals surface area contributed by atoms with Crippen LogP contribution in [0.5, 0.6) is 0 Å². The van der Waals surface area contributed by atoms with E-state index in [1.54, 1.807) is 13.0 Å². The lowest BCUT2D eigenvalue weighted by atomic mass is 9.96. The molecule has 0 radical (unpaired) electrons. The number of carbonyl (C=O) groups excluding carboxylic acids is 1. The van der Waals surface area contributed by atoms with Crippen molar-refractivity contribution >= 4 is 29.2 Å². The van der Waals surface area contributed by atoms with Crippen molar-refractivity contribution in [3.05, 3.63) is 33.8 Å². The van der Waals surface area contributed by atoms with Crippen LogP contribution in [-0.4, -0.2) is 17.7 Å². The number of aliphatic hydroxyl groups is 1. The summed E-state index contributed by atoms with van der Waals surface area (Å²) in [7, 11) is 0. The molecule has 1 aromatic rings. The van der Waals surface area contributed by atoms with Gasteiger partial charge in [-0.15, -0.1) is 0 Å². The average molecular weight is 263 g/mol. The van der Waals surface area contributed by atoms with Crippen molar-refractivity contribution in [3.8, 4) is 0 Å². The van der Waals surface area contributed by atoms with Gasteiger partial charge in [-0.2, -0.15) is 0 Å². The second-order valence-corrected chi connectivity index (χ2v) is 4.26. The molecule has 5 heteroatoms. The normalized spacial score (nSPS) is 14.3. The maximum absolute atomic E-state index is 11.5. The molecule has 1 atom stereocenters. The first-order valence-electron chi connectivity index (χ1n) is 4.74. The first kappa shape index (κ1) is 13.3. The van der Waals surface area contributed by atoms with E-state index < -0.39 is 11.6 Å². The molecule has 1 unspecified atom stereocenters. The highest BCUT2D eigenvalue weighted by atomic mass is 35.5. The summed E-state index contributed by atoms with van der Waals surface area (Å²) in [6, 6.07) is 4.52. The predicted octanol–water partition coefficient (Wildman–Crippen LogP) is 2.76. The van der Waals surface area contributed by atoms with Gasteiger partial charge in [0.15, 0.2) is 5.60 Å². The highest BCUT2D eigenvalue weighted by molar-refractivity contribution is 6.35. The Morgan fingerprint density at radius 1 is 1.50 bits per heavy atom. The third kappa shape index (κ3) is 2.67. The zero-order valence-electron chi connectivity index (χ0n) is 8.96. The largest absolute Gasteiger partial charge is 0.464 e. The molecule has 0 amide bonds. The summed E-state index contributed by atoms with van der Waals surface area (Å²) < 4.78 is 4.77. The topological polar surface area (TPSA) is 46.5 Å². The maximum Gasteiger partial charge on any atom is 0.342 e. The molecule has 0 aliphatic carbocycles. The van der Waals surface area contributed by atoms with Crippen molar-refractivity contribution in [2.24, 2.45) is 0 Å². The molecule has 16 heavy (non-hydrogen) atoms. The molecule has 0 aliphatic heterocycles. The fraction of sp³-hybridized carbons (Fsp3) is 0.364. The van der Waals surface area contributed by atoms with E-state index in [0.29, 0.717) is 5.02 Å². The Bertz CT molecular complexity index is 402. The van der Waals surface area contributed by atoms with E-state index in [4.69, 9.17) is 27.9 Å². The molecule has 1 rings (SSSR count). The number of benzene rings is 1.